The Hall–Kier alpha value is -1.76. The van der Waals surface area contributed by atoms with Gasteiger partial charge in [0.15, 0.2) is 0 Å². The summed E-state index contributed by atoms with van der Waals surface area (Å²) in [5, 5.41) is 0. The number of anilines is 1. The third kappa shape index (κ3) is 2.01. The third-order valence-corrected chi connectivity index (χ3v) is 3.79. The van der Waals surface area contributed by atoms with Gasteiger partial charge < -0.3 is 4.90 Å². The van der Waals surface area contributed by atoms with E-state index in [9.17, 15) is 0 Å². The van der Waals surface area contributed by atoms with Crippen LogP contribution in [-0.4, -0.2) is 13.1 Å². The van der Waals surface area contributed by atoms with Crippen LogP contribution in [-0.2, 0) is 6.42 Å². The summed E-state index contributed by atoms with van der Waals surface area (Å²) >= 11 is 0. The van der Waals surface area contributed by atoms with Gasteiger partial charge in [-0.05, 0) is 42.5 Å². The molecule has 0 N–H and O–H groups in total. The van der Waals surface area contributed by atoms with Crippen molar-refractivity contribution in [3.63, 3.8) is 0 Å². The minimum atomic E-state index is 1.10. The number of hydrogen-bond acceptors (Lipinski definition) is 1. The van der Waals surface area contributed by atoms with Crippen molar-refractivity contribution >= 4 is 5.69 Å². The molecule has 0 aliphatic carbocycles. The molecule has 0 spiro atoms. The quantitative estimate of drug-likeness (QED) is 0.759. The van der Waals surface area contributed by atoms with Crippen LogP contribution in [0.25, 0.3) is 11.1 Å². The monoisotopic (exact) mass is 237 g/mol. The minimum Gasteiger partial charge on any atom is -0.372 e. The maximum Gasteiger partial charge on any atom is 0.0404 e. The lowest BCUT2D eigenvalue weighted by molar-refractivity contribution is 0.708. The first-order valence-corrected chi connectivity index (χ1v) is 6.82. The zero-order valence-electron chi connectivity index (χ0n) is 10.9. The summed E-state index contributed by atoms with van der Waals surface area (Å²) in [7, 11) is 0. The Morgan fingerprint density at radius 3 is 2.61 bits per heavy atom. The van der Waals surface area contributed by atoms with Gasteiger partial charge in [0.1, 0.15) is 0 Å². The molecule has 92 valence electrons. The molecule has 3 rings (SSSR count). The van der Waals surface area contributed by atoms with Crippen LogP contribution in [0.4, 0.5) is 5.69 Å². The molecular weight excluding hydrogens is 218 g/mol. The molecule has 2 aromatic rings. The van der Waals surface area contributed by atoms with Crippen LogP contribution < -0.4 is 4.90 Å². The molecular formula is C17H19N. The third-order valence-electron chi connectivity index (χ3n) is 3.79. The molecule has 18 heavy (non-hydrogen) atoms. The Labute approximate surface area is 109 Å². The molecule has 0 bridgehead atoms. The molecule has 1 aliphatic rings. The van der Waals surface area contributed by atoms with E-state index in [2.05, 4.69) is 60.4 Å². The molecule has 0 saturated carbocycles. The first kappa shape index (κ1) is 11.3. The molecule has 0 saturated heterocycles. The second-order valence-electron chi connectivity index (χ2n) is 4.89. The molecule has 0 unspecified atom stereocenters. The average Bonchev–Trinajstić information content (AvgIpc) is 2.47. The van der Waals surface area contributed by atoms with Crippen LogP contribution >= 0.6 is 0 Å². The van der Waals surface area contributed by atoms with Gasteiger partial charge in [-0.25, -0.2) is 0 Å². The first-order chi connectivity index (χ1) is 8.88. The van der Waals surface area contributed by atoms with Gasteiger partial charge >= 0.3 is 0 Å². The van der Waals surface area contributed by atoms with Crippen LogP contribution in [0, 0.1) is 0 Å². The lowest BCUT2D eigenvalue weighted by Gasteiger charge is -2.30. The van der Waals surface area contributed by atoms with E-state index in [0.29, 0.717) is 0 Å². The molecule has 0 amide bonds. The predicted octanol–water partition coefficient (Wildman–Crippen LogP) is 4.13. The van der Waals surface area contributed by atoms with Crippen molar-refractivity contribution in [3.05, 3.63) is 54.1 Å². The van der Waals surface area contributed by atoms with Crippen LogP contribution in [0.2, 0.25) is 0 Å². The average molecular weight is 237 g/mol. The van der Waals surface area contributed by atoms with E-state index in [-0.39, 0.29) is 0 Å². The van der Waals surface area contributed by atoms with Gasteiger partial charge in [-0.3, -0.25) is 0 Å². The van der Waals surface area contributed by atoms with Crippen molar-refractivity contribution < 1.29 is 0 Å². The van der Waals surface area contributed by atoms with Crippen molar-refractivity contribution in [3.8, 4) is 11.1 Å². The molecule has 2 aromatic carbocycles. The maximum atomic E-state index is 2.49. The second kappa shape index (κ2) is 4.85. The molecule has 0 fully saturated rings. The summed E-state index contributed by atoms with van der Waals surface area (Å²) in [5.74, 6) is 0. The van der Waals surface area contributed by atoms with Crippen molar-refractivity contribution in [1.29, 1.82) is 0 Å². The van der Waals surface area contributed by atoms with E-state index in [1.54, 1.807) is 0 Å². The minimum absolute atomic E-state index is 1.10. The van der Waals surface area contributed by atoms with Gasteiger partial charge in [0, 0.05) is 18.8 Å². The fourth-order valence-electron chi connectivity index (χ4n) is 2.79. The summed E-state index contributed by atoms with van der Waals surface area (Å²) in [6, 6.07) is 17.6. The Morgan fingerprint density at radius 2 is 1.83 bits per heavy atom. The van der Waals surface area contributed by atoms with E-state index in [4.69, 9.17) is 0 Å². The lowest BCUT2D eigenvalue weighted by atomic mass is 9.97. The van der Waals surface area contributed by atoms with Crippen molar-refractivity contribution in [2.75, 3.05) is 18.0 Å². The van der Waals surface area contributed by atoms with Crippen LogP contribution in [0.15, 0.2) is 48.5 Å². The number of nitrogens with zero attached hydrogens (tertiary/aromatic N) is 1. The maximum absolute atomic E-state index is 2.49. The van der Waals surface area contributed by atoms with Crippen LogP contribution in [0.1, 0.15) is 18.9 Å². The smallest absolute Gasteiger partial charge is 0.0404 e. The lowest BCUT2D eigenvalue weighted by Crippen LogP contribution is -2.28. The first-order valence-electron chi connectivity index (χ1n) is 6.82. The van der Waals surface area contributed by atoms with Crippen molar-refractivity contribution in [1.82, 2.24) is 0 Å². The number of aryl methyl sites for hydroxylation is 1. The molecule has 1 nitrogen and oxygen atoms in total. The van der Waals surface area contributed by atoms with Gasteiger partial charge in [-0.15, -0.1) is 0 Å². The highest BCUT2D eigenvalue weighted by molar-refractivity contribution is 5.71. The van der Waals surface area contributed by atoms with E-state index in [0.717, 1.165) is 6.54 Å². The highest BCUT2D eigenvalue weighted by Crippen LogP contribution is 2.31. The van der Waals surface area contributed by atoms with Crippen molar-refractivity contribution in [2.45, 2.75) is 19.8 Å². The Bertz CT molecular complexity index is 531. The largest absolute Gasteiger partial charge is 0.372 e. The van der Waals surface area contributed by atoms with E-state index in [1.807, 2.05) is 0 Å². The number of benzene rings is 2. The predicted molar refractivity (Wildman–Crippen MR) is 78.1 cm³/mol. The Morgan fingerprint density at radius 1 is 1.00 bits per heavy atom. The zero-order valence-corrected chi connectivity index (χ0v) is 10.9. The van der Waals surface area contributed by atoms with E-state index < -0.39 is 0 Å². The molecule has 0 radical (unpaired) electrons. The van der Waals surface area contributed by atoms with Crippen LogP contribution in [0.5, 0.6) is 0 Å². The molecule has 1 heteroatoms. The van der Waals surface area contributed by atoms with E-state index >= 15 is 0 Å². The van der Waals surface area contributed by atoms with Gasteiger partial charge in [0.05, 0.1) is 0 Å². The summed E-state index contributed by atoms with van der Waals surface area (Å²) in [4.78, 5) is 2.49. The van der Waals surface area contributed by atoms with Crippen LogP contribution in [0.3, 0.4) is 0 Å². The highest BCUT2D eigenvalue weighted by Gasteiger charge is 2.15. The zero-order chi connectivity index (χ0) is 12.4. The SMILES string of the molecule is CCN1CCCc2ccc(-c3ccccc3)cc21. The molecule has 0 aromatic heterocycles. The summed E-state index contributed by atoms with van der Waals surface area (Å²) in [5.41, 5.74) is 5.57. The fourth-order valence-corrected chi connectivity index (χ4v) is 2.79. The van der Waals surface area contributed by atoms with Crippen molar-refractivity contribution in [2.24, 2.45) is 0 Å². The standard InChI is InChI=1S/C17H19N/c1-2-18-12-6-9-15-10-11-16(13-17(15)18)14-7-4-3-5-8-14/h3-5,7-8,10-11,13H,2,6,9,12H2,1H3. The number of fused-ring (bicyclic) bond motifs is 1. The summed E-state index contributed by atoms with van der Waals surface area (Å²) in [6.07, 6.45) is 2.51. The number of rotatable bonds is 2. The summed E-state index contributed by atoms with van der Waals surface area (Å²) in [6.45, 7) is 4.54. The summed E-state index contributed by atoms with van der Waals surface area (Å²) < 4.78 is 0. The van der Waals surface area contributed by atoms with E-state index in [1.165, 1.54) is 41.8 Å². The Kier molecular flexibility index (Phi) is 3.06. The molecule has 1 aliphatic heterocycles. The fraction of sp³-hybridized carbons (Fsp3) is 0.294. The van der Waals surface area contributed by atoms with Gasteiger partial charge in [0.2, 0.25) is 0 Å². The number of hydrogen-bond donors (Lipinski definition) is 0. The topological polar surface area (TPSA) is 3.24 Å². The Balaban J connectivity index is 2.04. The van der Waals surface area contributed by atoms with Gasteiger partial charge in [-0.2, -0.15) is 0 Å². The normalized spacial score (nSPS) is 14.4. The highest BCUT2D eigenvalue weighted by atomic mass is 15.1. The molecule has 0 atom stereocenters. The second-order valence-corrected chi connectivity index (χ2v) is 4.89. The van der Waals surface area contributed by atoms with Gasteiger partial charge in [0.25, 0.3) is 0 Å². The molecule has 1 heterocycles. The van der Waals surface area contributed by atoms with Gasteiger partial charge in [-0.1, -0.05) is 42.5 Å².